The first-order valence-corrected chi connectivity index (χ1v) is 12.4. The summed E-state index contributed by atoms with van der Waals surface area (Å²) >= 11 is 6.33. The molecule has 0 saturated heterocycles. The minimum absolute atomic E-state index is 0.0944. The lowest BCUT2D eigenvalue weighted by molar-refractivity contribution is -0.152. The third kappa shape index (κ3) is 4.67. The molecule has 1 fully saturated rings. The number of aromatic nitrogens is 1. The molecule has 32 heavy (non-hydrogen) atoms. The predicted molar refractivity (Wildman–Crippen MR) is 121 cm³/mol. The van der Waals surface area contributed by atoms with E-state index in [1.54, 1.807) is 22.8 Å². The molecule has 1 unspecified atom stereocenters. The van der Waals surface area contributed by atoms with Crippen molar-refractivity contribution in [2.24, 2.45) is 5.92 Å². The number of nitrogens with one attached hydrogen (secondary N) is 1. The van der Waals surface area contributed by atoms with Crippen LogP contribution in [0.5, 0.6) is 0 Å². The van der Waals surface area contributed by atoms with Crippen molar-refractivity contribution in [3.63, 3.8) is 0 Å². The van der Waals surface area contributed by atoms with Crippen molar-refractivity contribution in [1.82, 2.24) is 9.29 Å². The molecule has 1 N–H and O–H groups in total. The van der Waals surface area contributed by atoms with Gasteiger partial charge in [-0.05, 0) is 36.5 Å². The van der Waals surface area contributed by atoms with Crippen molar-refractivity contribution in [2.75, 3.05) is 0 Å². The van der Waals surface area contributed by atoms with Gasteiger partial charge in [0.05, 0.1) is 5.25 Å². The minimum atomic E-state index is -4.78. The van der Waals surface area contributed by atoms with Crippen LogP contribution in [0.3, 0.4) is 0 Å². The Kier molecular flexibility index (Phi) is 6.07. The van der Waals surface area contributed by atoms with Gasteiger partial charge in [-0.2, -0.15) is 17.9 Å². The second-order valence-electron chi connectivity index (χ2n) is 8.68. The van der Waals surface area contributed by atoms with Gasteiger partial charge in [0, 0.05) is 39.8 Å². The van der Waals surface area contributed by atoms with Crippen molar-refractivity contribution < 1.29 is 21.6 Å². The van der Waals surface area contributed by atoms with E-state index in [2.05, 4.69) is 0 Å². The maximum atomic E-state index is 14.1. The lowest BCUT2D eigenvalue weighted by Gasteiger charge is -2.21. The molecule has 1 aromatic heterocycles. The van der Waals surface area contributed by atoms with Crippen molar-refractivity contribution in [3.05, 3.63) is 59.2 Å². The number of benzene rings is 2. The van der Waals surface area contributed by atoms with E-state index in [9.17, 15) is 21.6 Å². The van der Waals surface area contributed by atoms with Crippen LogP contribution < -0.4 is 4.72 Å². The number of alkyl halides is 3. The highest BCUT2D eigenvalue weighted by Gasteiger charge is 2.47. The van der Waals surface area contributed by atoms with Gasteiger partial charge in [0.1, 0.15) is 6.04 Å². The van der Waals surface area contributed by atoms with Crippen LogP contribution in [0.4, 0.5) is 13.2 Å². The van der Waals surface area contributed by atoms with Gasteiger partial charge in [-0.25, -0.2) is 8.42 Å². The maximum Gasteiger partial charge on any atom is 0.408 e. The van der Waals surface area contributed by atoms with Gasteiger partial charge in [0.25, 0.3) is 0 Å². The fourth-order valence-electron chi connectivity index (χ4n) is 3.90. The predicted octanol–water partition coefficient (Wildman–Crippen LogP) is 6.30. The number of hydrogen-bond acceptors (Lipinski definition) is 2. The quantitative estimate of drug-likeness (QED) is 0.427. The maximum absolute atomic E-state index is 14.1. The molecule has 4 nitrogen and oxygen atoms in total. The fraction of sp³-hybridized carbons (Fsp3) is 0.391. The van der Waals surface area contributed by atoms with E-state index < -0.39 is 27.5 Å². The number of fused-ring (bicyclic) bond motifs is 1. The summed E-state index contributed by atoms with van der Waals surface area (Å²) in [6.07, 6.45) is -2.58. The van der Waals surface area contributed by atoms with Crippen LogP contribution in [0, 0.1) is 5.92 Å². The summed E-state index contributed by atoms with van der Waals surface area (Å²) in [6.45, 7) is 4.43. The summed E-state index contributed by atoms with van der Waals surface area (Å²) in [5, 5.41) is 0.157. The van der Waals surface area contributed by atoms with Crippen LogP contribution in [0.25, 0.3) is 22.0 Å². The van der Waals surface area contributed by atoms with Gasteiger partial charge in [-0.3, -0.25) is 0 Å². The zero-order valence-corrected chi connectivity index (χ0v) is 19.2. The van der Waals surface area contributed by atoms with Crippen molar-refractivity contribution in [3.8, 4) is 11.1 Å². The molecule has 1 saturated carbocycles. The molecular formula is C23H24ClF3N2O2S. The van der Waals surface area contributed by atoms with Crippen LogP contribution in [0.15, 0.2) is 48.7 Å². The van der Waals surface area contributed by atoms with Crippen LogP contribution in [0.2, 0.25) is 5.02 Å². The van der Waals surface area contributed by atoms with E-state index in [1.807, 2.05) is 42.8 Å². The monoisotopic (exact) mass is 484 g/mol. The number of nitrogens with zero attached hydrogens (tertiary/aromatic N) is 1. The first kappa shape index (κ1) is 23.1. The normalized spacial score (nSPS) is 16.1. The molecule has 0 amide bonds. The number of hydrogen-bond donors (Lipinski definition) is 1. The summed E-state index contributed by atoms with van der Waals surface area (Å²) < 4.78 is 70.7. The minimum Gasteiger partial charge on any atom is -0.347 e. The van der Waals surface area contributed by atoms with Crippen molar-refractivity contribution >= 4 is 32.5 Å². The Balaban J connectivity index is 1.87. The number of sulfonamides is 1. The van der Waals surface area contributed by atoms with Gasteiger partial charge in [-0.1, -0.05) is 55.8 Å². The van der Waals surface area contributed by atoms with Crippen molar-refractivity contribution in [1.29, 1.82) is 0 Å². The van der Waals surface area contributed by atoms with E-state index >= 15 is 0 Å². The summed E-state index contributed by atoms with van der Waals surface area (Å²) in [5.74, 6) is 0.176. The van der Waals surface area contributed by atoms with Crippen LogP contribution >= 0.6 is 11.6 Å². The first-order chi connectivity index (χ1) is 15.0. The summed E-state index contributed by atoms with van der Waals surface area (Å²) in [5.41, 5.74) is 2.06. The number of halogens is 4. The Labute approximate surface area is 190 Å². The van der Waals surface area contributed by atoms with E-state index in [4.69, 9.17) is 11.6 Å². The van der Waals surface area contributed by atoms with E-state index in [-0.39, 0.29) is 11.5 Å². The average Bonchev–Trinajstić information content (AvgIpc) is 3.50. The van der Waals surface area contributed by atoms with E-state index in [0.717, 1.165) is 11.1 Å². The Hall–Kier alpha value is -2.03. The molecule has 1 atom stereocenters. The van der Waals surface area contributed by atoms with Crippen molar-refractivity contribution in [2.45, 2.75) is 50.7 Å². The highest BCUT2D eigenvalue weighted by atomic mass is 35.5. The molecule has 4 rings (SSSR count). The molecule has 0 aliphatic heterocycles. The molecule has 1 aliphatic rings. The molecular weight excluding hydrogens is 461 g/mol. The van der Waals surface area contributed by atoms with Crippen LogP contribution in [-0.4, -0.2) is 24.4 Å². The van der Waals surface area contributed by atoms with Crippen LogP contribution in [0.1, 0.15) is 38.3 Å². The highest BCUT2D eigenvalue weighted by Crippen LogP contribution is 2.41. The molecule has 0 bridgehead atoms. The van der Waals surface area contributed by atoms with Gasteiger partial charge >= 0.3 is 6.18 Å². The summed E-state index contributed by atoms with van der Waals surface area (Å²) in [4.78, 5) is 0. The second kappa shape index (κ2) is 8.39. The fourth-order valence-corrected chi connectivity index (χ4v) is 5.69. The van der Waals surface area contributed by atoms with Gasteiger partial charge < -0.3 is 4.57 Å². The van der Waals surface area contributed by atoms with E-state index in [1.165, 1.54) is 6.20 Å². The Morgan fingerprint density at radius 2 is 1.84 bits per heavy atom. The first-order valence-electron chi connectivity index (χ1n) is 10.4. The Morgan fingerprint density at radius 1 is 1.16 bits per heavy atom. The molecule has 0 spiro atoms. The van der Waals surface area contributed by atoms with Crippen LogP contribution in [-0.2, 0) is 16.6 Å². The third-order valence-corrected chi connectivity index (χ3v) is 7.79. The molecule has 2 aromatic carbocycles. The Bertz CT molecular complexity index is 1250. The topological polar surface area (TPSA) is 51.1 Å². The lowest BCUT2D eigenvalue weighted by Crippen LogP contribution is -2.39. The molecule has 1 aliphatic carbocycles. The second-order valence-corrected chi connectivity index (χ2v) is 11.1. The summed E-state index contributed by atoms with van der Waals surface area (Å²) in [6, 6.07) is 10.1. The molecule has 3 aromatic rings. The number of rotatable bonds is 7. The molecule has 172 valence electrons. The summed E-state index contributed by atoms with van der Waals surface area (Å²) in [7, 11) is -4.05. The molecule has 9 heteroatoms. The molecule has 1 heterocycles. The van der Waals surface area contributed by atoms with Gasteiger partial charge in [0.2, 0.25) is 10.0 Å². The molecule has 0 radical (unpaired) electrons. The zero-order valence-electron chi connectivity index (χ0n) is 17.7. The third-order valence-electron chi connectivity index (χ3n) is 5.54. The average molecular weight is 485 g/mol. The SMILES string of the molecule is CC(C)Cn1cc(C(NS(=O)(=O)C2CC2)C(F)(F)F)c2ccc(-c3ccccc3Cl)cc21. The Morgan fingerprint density at radius 3 is 2.44 bits per heavy atom. The lowest BCUT2D eigenvalue weighted by atomic mass is 10.0. The van der Waals surface area contributed by atoms with Gasteiger partial charge in [0.15, 0.2) is 0 Å². The van der Waals surface area contributed by atoms with E-state index in [0.29, 0.717) is 35.3 Å². The van der Waals surface area contributed by atoms with Gasteiger partial charge in [-0.15, -0.1) is 0 Å². The highest BCUT2D eigenvalue weighted by molar-refractivity contribution is 7.90. The largest absolute Gasteiger partial charge is 0.408 e. The smallest absolute Gasteiger partial charge is 0.347 e. The standard InChI is InChI=1S/C23H24ClF3N2O2S/c1-14(2)12-29-13-19(22(23(25,26)27)28-32(30,31)16-8-9-16)18-10-7-15(11-21(18)29)17-5-3-4-6-20(17)24/h3-7,10-11,13-14,16,22,28H,8-9,12H2,1-2H3. The zero-order chi connectivity index (χ0) is 23.3.